The molecular formula is C14H15BrN4O2. The molecule has 0 amide bonds. The van der Waals surface area contributed by atoms with Gasteiger partial charge in [0, 0.05) is 30.1 Å². The SMILES string of the molecule is Cn1ncc2c1CCCC2Nc1ccc([N+](=O)[O-])c(Br)c1. The average molecular weight is 351 g/mol. The van der Waals surface area contributed by atoms with Crippen molar-refractivity contribution in [3.63, 3.8) is 0 Å². The van der Waals surface area contributed by atoms with Crippen LogP contribution in [0.15, 0.2) is 28.9 Å². The van der Waals surface area contributed by atoms with E-state index in [-0.39, 0.29) is 11.7 Å². The standard InChI is InChI=1S/C14H15BrN4O2/c1-18-13-4-2-3-12(10(13)8-16-18)17-9-5-6-14(19(20)21)11(15)7-9/h5-8,12,17H,2-4H2,1H3. The Morgan fingerprint density at radius 3 is 3.05 bits per heavy atom. The Hall–Kier alpha value is -1.89. The van der Waals surface area contributed by atoms with E-state index in [1.54, 1.807) is 12.1 Å². The number of aromatic nitrogens is 2. The van der Waals surface area contributed by atoms with Gasteiger partial charge in [0.15, 0.2) is 0 Å². The molecule has 1 atom stereocenters. The molecule has 1 aliphatic carbocycles. The zero-order valence-electron chi connectivity index (χ0n) is 11.5. The van der Waals surface area contributed by atoms with Crippen LogP contribution in [0.3, 0.4) is 0 Å². The number of nitro benzene ring substituents is 1. The molecule has 1 heterocycles. The van der Waals surface area contributed by atoms with E-state index < -0.39 is 4.92 Å². The summed E-state index contributed by atoms with van der Waals surface area (Å²) in [5.74, 6) is 0. The van der Waals surface area contributed by atoms with Crippen molar-refractivity contribution in [2.75, 3.05) is 5.32 Å². The molecule has 110 valence electrons. The highest BCUT2D eigenvalue weighted by Gasteiger charge is 2.23. The van der Waals surface area contributed by atoms with Crippen molar-refractivity contribution in [1.82, 2.24) is 9.78 Å². The van der Waals surface area contributed by atoms with Gasteiger partial charge in [-0.2, -0.15) is 5.10 Å². The van der Waals surface area contributed by atoms with Crippen molar-refractivity contribution >= 4 is 27.3 Å². The molecule has 0 saturated carbocycles. The Labute approximate surface area is 130 Å². The molecule has 0 bridgehead atoms. The quantitative estimate of drug-likeness (QED) is 0.678. The van der Waals surface area contributed by atoms with Crippen molar-refractivity contribution in [2.24, 2.45) is 7.05 Å². The van der Waals surface area contributed by atoms with Gasteiger partial charge in [0.2, 0.25) is 0 Å². The van der Waals surface area contributed by atoms with Crippen LogP contribution < -0.4 is 5.32 Å². The minimum atomic E-state index is -0.395. The Morgan fingerprint density at radius 1 is 1.52 bits per heavy atom. The summed E-state index contributed by atoms with van der Waals surface area (Å²) in [6, 6.07) is 5.21. The average Bonchev–Trinajstić information content (AvgIpc) is 2.81. The van der Waals surface area contributed by atoms with Crippen LogP contribution in [0.4, 0.5) is 11.4 Å². The highest BCUT2D eigenvalue weighted by Crippen LogP contribution is 2.34. The Balaban J connectivity index is 1.85. The number of halogens is 1. The fourth-order valence-electron chi connectivity index (χ4n) is 2.80. The molecule has 0 saturated heterocycles. The maximum atomic E-state index is 10.8. The second-order valence-electron chi connectivity index (χ2n) is 5.18. The number of hydrogen-bond acceptors (Lipinski definition) is 4. The van der Waals surface area contributed by atoms with Crippen molar-refractivity contribution in [3.8, 4) is 0 Å². The van der Waals surface area contributed by atoms with Gasteiger partial charge in [-0.05, 0) is 47.3 Å². The monoisotopic (exact) mass is 350 g/mol. The van der Waals surface area contributed by atoms with Crippen molar-refractivity contribution in [1.29, 1.82) is 0 Å². The van der Waals surface area contributed by atoms with Crippen LogP contribution in [0.5, 0.6) is 0 Å². The van der Waals surface area contributed by atoms with Crippen molar-refractivity contribution in [2.45, 2.75) is 25.3 Å². The van der Waals surface area contributed by atoms with Crippen molar-refractivity contribution < 1.29 is 4.92 Å². The normalized spacial score (nSPS) is 17.3. The molecule has 0 spiro atoms. The summed E-state index contributed by atoms with van der Waals surface area (Å²) in [6.07, 6.45) is 5.10. The van der Waals surface area contributed by atoms with E-state index in [1.165, 1.54) is 17.3 Å². The first-order valence-corrected chi connectivity index (χ1v) is 7.57. The lowest BCUT2D eigenvalue weighted by atomic mass is 9.93. The van der Waals surface area contributed by atoms with Crippen LogP contribution in [0, 0.1) is 10.1 Å². The van der Waals surface area contributed by atoms with Crippen LogP contribution in [-0.4, -0.2) is 14.7 Å². The van der Waals surface area contributed by atoms with Gasteiger partial charge in [-0.25, -0.2) is 0 Å². The van der Waals surface area contributed by atoms with Crippen LogP contribution in [0.1, 0.15) is 30.1 Å². The van der Waals surface area contributed by atoms with E-state index in [0.717, 1.165) is 24.9 Å². The highest BCUT2D eigenvalue weighted by atomic mass is 79.9. The summed E-state index contributed by atoms with van der Waals surface area (Å²) in [4.78, 5) is 10.4. The molecule has 1 unspecified atom stereocenters. The summed E-state index contributed by atoms with van der Waals surface area (Å²) in [5, 5.41) is 18.6. The highest BCUT2D eigenvalue weighted by molar-refractivity contribution is 9.10. The maximum absolute atomic E-state index is 10.8. The van der Waals surface area contributed by atoms with E-state index >= 15 is 0 Å². The van der Waals surface area contributed by atoms with E-state index in [0.29, 0.717) is 4.47 Å². The van der Waals surface area contributed by atoms with Gasteiger partial charge in [0.25, 0.3) is 5.69 Å². The fourth-order valence-corrected chi connectivity index (χ4v) is 3.33. The first-order chi connectivity index (χ1) is 10.1. The molecule has 0 fully saturated rings. The molecule has 1 N–H and O–H groups in total. The van der Waals surface area contributed by atoms with Crippen molar-refractivity contribution in [3.05, 3.63) is 50.2 Å². The van der Waals surface area contributed by atoms with E-state index in [1.807, 2.05) is 17.9 Å². The summed E-state index contributed by atoms with van der Waals surface area (Å²) < 4.78 is 2.41. The van der Waals surface area contributed by atoms with Gasteiger partial charge in [-0.1, -0.05) is 0 Å². The molecular weight excluding hydrogens is 336 g/mol. The summed E-state index contributed by atoms with van der Waals surface area (Å²) in [7, 11) is 1.96. The smallest absolute Gasteiger partial charge is 0.283 e. The summed E-state index contributed by atoms with van der Waals surface area (Å²) in [5.41, 5.74) is 3.43. The second kappa shape index (κ2) is 5.48. The number of nitro groups is 1. The minimum absolute atomic E-state index is 0.0752. The Morgan fingerprint density at radius 2 is 2.33 bits per heavy atom. The van der Waals surface area contributed by atoms with Crippen LogP contribution in [-0.2, 0) is 13.5 Å². The number of aryl methyl sites for hydroxylation is 1. The predicted molar refractivity (Wildman–Crippen MR) is 83.3 cm³/mol. The molecule has 6 nitrogen and oxygen atoms in total. The molecule has 1 aromatic carbocycles. The minimum Gasteiger partial charge on any atom is -0.378 e. The van der Waals surface area contributed by atoms with Crippen LogP contribution in [0.2, 0.25) is 0 Å². The van der Waals surface area contributed by atoms with E-state index in [2.05, 4.69) is 26.3 Å². The molecule has 3 rings (SSSR count). The zero-order valence-corrected chi connectivity index (χ0v) is 13.1. The number of benzene rings is 1. The largest absolute Gasteiger partial charge is 0.378 e. The van der Waals surface area contributed by atoms with Gasteiger partial charge < -0.3 is 5.32 Å². The lowest BCUT2D eigenvalue weighted by Crippen LogP contribution is -2.17. The number of nitrogens with one attached hydrogen (secondary N) is 1. The first kappa shape index (κ1) is 14.1. The third-order valence-electron chi connectivity index (χ3n) is 3.86. The summed E-state index contributed by atoms with van der Waals surface area (Å²) >= 11 is 3.25. The molecule has 21 heavy (non-hydrogen) atoms. The second-order valence-corrected chi connectivity index (χ2v) is 6.04. The topological polar surface area (TPSA) is 73.0 Å². The summed E-state index contributed by atoms with van der Waals surface area (Å²) in [6.45, 7) is 0. The lowest BCUT2D eigenvalue weighted by molar-refractivity contribution is -0.385. The molecule has 1 aliphatic rings. The Bertz CT molecular complexity index is 698. The van der Waals surface area contributed by atoms with Gasteiger partial charge >= 0.3 is 0 Å². The molecule has 0 aliphatic heterocycles. The molecule has 1 aromatic heterocycles. The zero-order chi connectivity index (χ0) is 15.0. The Kier molecular flexibility index (Phi) is 3.67. The lowest BCUT2D eigenvalue weighted by Gasteiger charge is -2.24. The van der Waals surface area contributed by atoms with Gasteiger partial charge in [0.1, 0.15) is 0 Å². The molecule has 7 heteroatoms. The van der Waals surface area contributed by atoms with Crippen LogP contribution >= 0.6 is 15.9 Å². The third-order valence-corrected chi connectivity index (χ3v) is 4.50. The number of fused-ring (bicyclic) bond motifs is 1. The first-order valence-electron chi connectivity index (χ1n) is 6.77. The number of hydrogen-bond donors (Lipinski definition) is 1. The molecule has 0 radical (unpaired) electrons. The van der Waals surface area contributed by atoms with Crippen LogP contribution in [0.25, 0.3) is 0 Å². The van der Waals surface area contributed by atoms with Gasteiger partial charge in [0.05, 0.1) is 21.6 Å². The van der Waals surface area contributed by atoms with Gasteiger partial charge in [-0.3, -0.25) is 14.8 Å². The number of nitrogens with zero attached hydrogens (tertiary/aromatic N) is 3. The fraction of sp³-hybridized carbons (Fsp3) is 0.357. The molecule has 2 aromatic rings. The number of rotatable bonds is 3. The number of anilines is 1. The van der Waals surface area contributed by atoms with E-state index in [4.69, 9.17) is 0 Å². The third kappa shape index (κ3) is 2.65. The maximum Gasteiger partial charge on any atom is 0.283 e. The van der Waals surface area contributed by atoms with E-state index in [9.17, 15) is 10.1 Å². The van der Waals surface area contributed by atoms with Gasteiger partial charge in [-0.15, -0.1) is 0 Å². The predicted octanol–water partition coefficient (Wildman–Crippen LogP) is 3.58.